The first-order chi connectivity index (χ1) is 22.9. The molecule has 0 unspecified atom stereocenters. The van der Waals surface area contributed by atoms with Crippen LogP contribution in [0.25, 0.3) is 11.1 Å². The van der Waals surface area contributed by atoms with Crippen LogP contribution in [0, 0.1) is 11.8 Å². The van der Waals surface area contributed by atoms with Crippen LogP contribution in [0.1, 0.15) is 80.8 Å². The maximum absolute atomic E-state index is 14.0. The zero-order valence-electron chi connectivity index (χ0n) is 27.8. The number of carbonyl (C=O) groups excluding carboxylic acids is 3. The highest BCUT2D eigenvalue weighted by Crippen LogP contribution is 2.53. The first kappa shape index (κ1) is 37.4. The second kappa shape index (κ2) is 15.9. The van der Waals surface area contributed by atoms with Gasteiger partial charge in [-0.2, -0.15) is 0 Å². The van der Waals surface area contributed by atoms with Crippen LogP contribution in [0.15, 0.2) is 47.7 Å². The van der Waals surface area contributed by atoms with E-state index < -0.39 is 61.4 Å². The van der Waals surface area contributed by atoms with Crippen LogP contribution in [-0.2, 0) is 36.2 Å². The molecule has 0 saturated carbocycles. The molecule has 0 heterocycles. The number of benzene rings is 2. The van der Waals surface area contributed by atoms with Crippen LogP contribution >= 0.6 is 7.75 Å². The van der Waals surface area contributed by atoms with Gasteiger partial charge in [-0.15, -0.1) is 0 Å². The van der Waals surface area contributed by atoms with E-state index in [1.54, 1.807) is 24.6 Å². The lowest BCUT2D eigenvalue weighted by molar-refractivity contribution is -0.147. The molecule has 0 fully saturated rings. The Balaban J connectivity index is 1.77. The van der Waals surface area contributed by atoms with E-state index in [1.165, 1.54) is 6.07 Å². The Hall–Kier alpha value is -3.38. The molecule has 0 aromatic heterocycles. The molecule has 3 atom stereocenters. The normalized spacial score (nSPS) is 20.9. The molecular weight excluding hydrogens is 639 g/mol. The van der Waals surface area contributed by atoms with Gasteiger partial charge in [0.2, 0.25) is 5.91 Å². The molecule has 0 aliphatic heterocycles. The van der Waals surface area contributed by atoms with Gasteiger partial charge in [0.1, 0.15) is 11.5 Å². The average molecular weight is 687 g/mol. The minimum Gasteiger partial charge on any atom is -0.508 e. The van der Waals surface area contributed by atoms with Crippen LogP contribution in [0.4, 0.5) is 0 Å². The molecule has 0 spiro atoms. The van der Waals surface area contributed by atoms with E-state index in [2.05, 4.69) is 6.92 Å². The van der Waals surface area contributed by atoms with E-state index in [9.17, 15) is 39.4 Å². The molecule has 0 radical (unpaired) electrons. The Morgan fingerprint density at radius 2 is 1.79 bits per heavy atom. The van der Waals surface area contributed by atoms with Gasteiger partial charge < -0.3 is 26.2 Å². The van der Waals surface area contributed by atoms with E-state index in [-0.39, 0.29) is 55.9 Å². The van der Waals surface area contributed by atoms with Crippen LogP contribution in [0.5, 0.6) is 5.75 Å². The maximum atomic E-state index is 14.0. The summed E-state index contributed by atoms with van der Waals surface area (Å²) in [6.07, 6.45) is 2.04. The van der Waals surface area contributed by atoms with Gasteiger partial charge in [-0.1, -0.05) is 44.0 Å². The van der Waals surface area contributed by atoms with Crippen LogP contribution < -0.4 is 5.73 Å². The highest BCUT2D eigenvalue weighted by molar-refractivity contribution is 7.51. The summed E-state index contributed by atoms with van der Waals surface area (Å²) >= 11 is 0. The Bertz CT molecular complexity index is 1600. The van der Waals surface area contributed by atoms with Crippen molar-refractivity contribution in [1.82, 2.24) is 4.67 Å². The molecule has 48 heavy (non-hydrogen) atoms. The van der Waals surface area contributed by atoms with Gasteiger partial charge in [-0.3, -0.25) is 23.4 Å². The lowest BCUT2D eigenvalue weighted by Gasteiger charge is -2.43. The highest BCUT2D eigenvalue weighted by atomic mass is 31.2. The summed E-state index contributed by atoms with van der Waals surface area (Å²) in [7, 11) is -3.58. The van der Waals surface area contributed by atoms with Gasteiger partial charge in [0, 0.05) is 31.2 Å². The summed E-state index contributed by atoms with van der Waals surface area (Å²) in [6.45, 7) is 6.43. The minimum atomic E-state index is -3.58. The fourth-order valence-electron chi connectivity index (χ4n) is 7.00. The number of primary amides is 1. The zero-order valence-corrected chi connectivity index (χ0v) is 28.7. The zero-order chi connectivity index (χ0) is 35.2. The maximum Gasteiger partial charge on any atom is 0.408 e. The number of phenolic OH excluding ortho intramolecular Hbond substituents is 1. The summed E-state index contributed by atoms with van der Waals surface area (Å²) in [4.78, 5) is 38.6. The van der Waals surface area contributed by atoms with Crippen molar-refractivity contribution in [2.75, 3.05) is 26.4 Å². The highest BCUT2D eigenvalue weighted by Gasteiger charge is 2.55. The largest absolute Gasteiger partial charge is 0.508 e. The van der Waals surface area contributed by atoms with Gasteiger partial charge in [0.05, 0.1) is 25.2 Å². The number of unbranched alkanes of at least 4 members (excludes halogenated alkanes) is 2. The van der Waals surface area contributed by atoms with Crippen LogP contribution in [-0.4, -0.2) is 74.5 Å². The second-order valence-electron chi connectivity index (χ2n) is 12.4. The molecule has 6 N–H and O–H groups in total. The van der Waals surface area contributed by atoms with Crippen molar-refractivity contribution < 1.29 is 48.4 Å². The standard InChI is InChI=1S/C35H47N2O10P/c1-4-7-8-15-37(48(45,46-5-2)47-6-3)21-22-10-9-11-23(17-22)26-12-13-28(39)32-27(26)19-24-18-25(14-16-38)35(44,29(40)20-30(36)41)34(43)31(24)33(32)42/h9-13,17,24-25,38-39,43-44H,4-8,14-16,18-21H2,1-3H3,(H2,36,41)/t24-,25-,35-/m1/s1. The van der Waals surface area contributed by atoms with Crippen LogP contribution in [0.2, 0.25) is 0 Å². The Morgan fingerprint density at radius 3 is 2.42 bits per heavy atom. The van der Waals surface area contributed by atoms with E-state index in [4.69, 9.17) is 14.8 Å². The lowest BCUT2D eigenvalue weighted by atomic mass is 9.62. The summed E-state index contributed by atoms with van der Waals surface area (Å²) in [5.74, 6) is -5.65. The van der Waals surface area contributed by atoms with E-state index >= 15 is 0 Å². The lowest BCUT2D eigenvalue weighted by Crippen LogP contribution is -2.54. The topological polar surface area (TPSA) is 197 Å². The summed E-state index contributed by atoms with van der Waals surface area (Å²) in [5.41, 5.74) is 5.10. The van der Waals surface area contributed by atoms with E-state index in [1.807, 2.05) is 24.3 Å². The predicted molar refractivity (Wildman–Crippen MR) is 179 cm³/mol. The number of aliphatic hydroxyl groups is 3. The molecule has 2 aliphatic rings. The van der Waals surface area contributed by atoms with E-state index in [0.717, 1.165) is 30.4 Å². The van der Waals surface area contributed by atoms with Crippen molar-refractivity contribution in [3.63, 3.8) is 0 Å². The molecule has 0 saturated heterocycles. The average Bonchev–Trinajstić information content (AvgIpc) is 3.03. The SMILES string of the molecule is CCCCCN(Cc1cccc(-c2ccc(O)c3c2C[C@H]2C[C@@H](CCO)[C@@](O)(C(=O)CC(N)=O)C(O)=C2C3=O)c1)P(=O)(OCC)OCC. The number of nitrogens with zero attached hydrogens (tertiary/aromatic N) is 1. The molecule has 2 aromatic rings. The number of nitrogens with two attached hydrogens (primary N) is 1. The smallest absolute Gasteiger partial charge is 0.408 e. The quantitative estimate of drug-likeness (QED) is 0.0855. The van der Waals surface area contributed by atoms with Crippen molar-refractivity contribution >= 4 is 25.2 Å². The van der Waals surface area contributed by atoms with Crippen molar-refractivity contribution in [2.24, 2.45) is 17.6 Å². The fourth-order valence-corrected chi connectivity index (χ4v) is 8.77. The number of allylic oxidation sites excluding steroid dienone is 1. The number of ketones is 2. The second-order valence-corrected chi connectivity index (χ2v) is 14.4. The molecule has 1 amide bonds. The van der Waals surface area contributed by atoms with Crippen LogP contribution in [0.3, 0.4) is 0 Å². The third kappa shape index (κ3) is 7.44. The number of Topliss-reactive ketones (excluding diaryl/α,β-unsaturated/α-hetero) is 2. The number of phenols is 1. The number of hydrogen-bond acceptors (Lipinski definition) is 10. The van der Waals surface area contributed by atoms with Crippen molar-refractivity contribution in [1.29, 1.82) is 0 Å². The first-order valence-corrected chi connectivity index (χ1v) is 18.1. The Kier molecular flexibility index (Phi) is 12.4. The first-order valence-electron chi connectivity index (χ1n) is 16.6. The fraction of sp³-hybridized carbons (Fsp3) is 0.514. The van der Waals surface area contributed by atoms with Crippen molar-refractivity contribution in [2.45, 2.75) is 77.9 Å². The van der Waals surface area contributed by atoms with Gasteiger partial charge in [0.25, 0.3) is 0 Å². The van der Waals surface area contributed by atoms with Crippen molar-refractivity contribution in [3.8, 4) is 16.9 Å². The summed E-state index contributed by atoms with van der Waals surface area (Å²) in [6, 6.07) is 10.6. The van der Waals surface area contributed by atoms with Gasteiger partial charge in [-0.25, -0.2) is 9.24 Å². The number of aliphatic hydroxyl groups excluding tert-OH is 2. The molecule has 4 rings (SSSR count). The molecular formula is C35H47N2O10P. The number of rotatable bonds is 17. The third-order valence-electron chi connectivity index (χ3n) is 9.19. The van der Waals surface area contributed by atoms with Crippen molar-refractivity contribution in [3.05, 3.63) is 64.4 Å². The summed E-state index contributed by atoms with van der Waals surface area (Å²) in [5, 5.41) is 43.5. The molecule has 13 heteroatoms. The third-order valence-corrected chi connectivity index (χ3v) is 11.4. The van der Waals surface area contributed by atoms with Gasteiger partial charge in [0.15, 0.2) is 17.2 Å². The monoisotopic (exact) mass is 686 g/mol. The molecule has 0 bridgehead atoms. The Morgan fingerprint density at radius 1 is 1.08 bits per heavy atom. The van der Waals surface area contributed by atoms with E-state index in [0.29, 0.717) is 17.7 Å². The number of hydrogen-bond donors (Lipinski definition) is 5. The number of carbonyl (C=O) groups is 3. The van der Waals surface area contributed by atoms with Gasteiger partial charge >= 0.3 is 7.75 Å². The number of aromatic hydroxyl groups is 1. The number of amides is 1. The molecule has 12 nitrogen and oxygen atoms in total. The minimum absolute atomic E-state index is 0.0537. The molecule has 2 aromatic carbocycles. The summed E-state index contributed by atoms with van der Waals surface area (Å²) < 4.78 is 26.9. The van der Waals surface area contributed by atoms with Gasteiger partial charge in [-0.05, 0) is 79.8 Å². The Labute approximate surface area is 281 Å². The number of fused-ring (bicyclic) bond motifs is 2. The molecule has 2 aliphatic carbocycles. The molecule has 262 valence electrons. The predicted octanol–water partition coefficient (Wildman–Crippen LogP) is 4.98.